The van der Waals surface area contributed by atoms with Crippen LogP contribution in [0.25, 0.3) is 28.0 Å². The lowest BCUT2D eigenvalue weighted by molar-refractivity contribution is -0.141. The maximum atomic E-state index is 13.0. The minimum Gasteiger partial charge on any atom is -0.366 e. The largest absolute Gasteiger partial charge is 0.433 e. The van der Waals surface area contributed by atoms with Crippen LogP contribution in [0.5, 0.6) is 0 Å². The molecular weight excluding hydrogens is 507 g/mol. The van der Waals surface area contributed by atoms with E-state index >= 15 is 0 Å². The summed E-state index contributed by atoms with van der Waals surface area (Å²) in [5.74, 6) is 0.217. The Morgan fingerprint density at radius 2 is 1.72 bits per heavy atom. The second-order valence-corrected chi connectivity index (χ2v) is 10.4. The van der Waals surface area contributed by atoms with Crippen molar-refractivity contribution in [2.75, 3.05) is 5.73 Å². The molecule has 0 amide bonds. The first-order valence-corrected chi connectivity index (χ1v) is 13.0. The Hall–Kier alpha value is -4.22. The molecule has 1 aliphatic carbocycles. The molecular formula is C27H28F3N9. The first-order chi connectivity index (χ1) is 18.7. The van der Waals surface area contributed by atoms with Crippen LogP contribution in [0.2, 0.25) is 0 Å². The number of alkyl halides is 3. The molecule has 1 aliphatic rings. The zero-order chi connectivity index (χ0) is 27.3. The summed E-state index contributed by atoms with van der Waals surface area (Å²) < 4.78 is 44.6. The SMILES string of the molecule is CC(C)[C@@H](c1ccc(C(F)(F)F)nc1)n1cc(-c2cc(-c3cnn(C4CCCC4)c3)n3nc(N)nc3c2)cn1. The lowest BCUT2D eigenvalue weighted by Crippen LogP contribution is -2.18. The Bertz CT molecular complexity index is 1610. The lowest BCUT2D eigenvalue weighted by Gasteiger charge is -2.22. The number of hydrogen-bond acceptors (Lipinski definition) is 6. The third kappa shape index (κ3) is 4.75. The molecule has 1 saturated carbocycles. The summed E-state index contributed by atoms with van der Waals surface area (Å²) in [6.07, 6.45) is 8.97. The van der Waals surface area contributed by atoms with Crippen LogP contribution in [0, 0.1) is 5.92 Å². The fraction of sp³-hybridized carbons (Fsp3) is 0.370. The Labute approximate surface area is 222 Å². The minimum atomic E-state index is -4.49. The van der Waals surface area contributed by atoms with Gasteiger partial charge in [-0.1, -0.05) is 32.8 Å². The molecule has 0 bridgehead atoms. The van der Waals surface area contributed by atoms with Gasteiger partial charge < -0.3 is 5.73 Å². The fourth-order valence-electron chi connectivity index (χ4n) is 5.44. The standard InChI is InChI=1S/C27H28F3N9/c1-16(2)25(17-7-8-23(32-11-17)27(28,29)30)38-14-19(12-34-38)18-9-22(39-24(10-18)35-26(31)36-39)20-13-33-37(15-20)21-5-3-4-6-21/h7-16,21,25H,3-6H2,1-2H3,(H2,31,36)/t25-/m0/s1. The van der Waals surface area contributed by atoms with Crippen molar-refractivity contribution < 1.29 is 13.2 Å². The smallest absolute Gasteiger partial charge is 0.366 e. The Morgan fingerprint density at radius 3 is 2.41 bits per heavy atom. The molecule has 0 aliphatic heterocycles. The normalized spacial score (nSPS) is 15.5. The van der Waals surface area contributed by atoms with Gasteiger partial charge in [-0.3, -0.25) is 14.3 Å². The van der Waals surface area contributed by atoms with Crippen LogP contribution in [0.15, 0.2) is 55.2 Å². The van der Waals surface area contributed by atoms with Crippen molar-refractivity contribution in [3.8, 4) is 22.4 Å². The van der Waals surface area contributed by atoms with E-state index in [1.807, 2.05) is 49.3 Å². The molecule has 1 fully saturated rings. The molecule has 0 unspecified atom stereocenters. The van der Waals surface area contributed by atoms with Crippen LogP contribution in [0.3, 0.4) is 0 Å². The van der Waals surface area contributed by atoms with E-state index in [0.29, 0.717) is 17.3 Å². The average molecular weight is 536 g/mol. The van der Waals surface area contributed by atoms with Gasteiger partial charge in [-0.25, -0.2) is 4.52 Å². The molecule has 5 aromatic heterocycles. The summed E-state index contributed by atoms with van der Waals surface area (Å²) in [4.78, 5) is 8.04. The van der Waals surface area contributed by atoms with Crippen LogP contribution in [0.4, 0.5) is 19.1 Å². The van der Waals surface area contributed by atoms with Crippen LogP contribution >= 0.6 is 0 Å². The molecule has 0 saturated heterocycles. The summed E-state index contributed by atoms with van der Waals surface area (Å²) in [6, 6.07) is 6.47. The molecule has 5 aromatic rings. The van der Waals surface area contributed by atoms with Gasteiger partial charge in [0, 0.05) is 29.7 Å². The van der Waals surface area contributed by atoms with Gasteiger partial charge in [0.25, 0.3) is 0 Å². The van der Waals surface area contributed by atoms with E-state index in [0.717, 1.165) is 41.3 Å². The molecule has 39 heavy (non-hydrogen) atoms. The highest BCUT2D eigenvalue weighted by molar-refractivity contribution is 5.74. The highest BCUT2D eigenvalue weighted by Crippen LogP contribution is 2.34. The Kier molecular flexibility index (Phi) is 6.12. The Balaban J connectivity index is 1.37. The van der Waals surface area contributed by atoms with Crippen LogP contribution < -0.4 is 5.73 Å². The summed E-state index contributed by atoms with van der Waals surface area (Å²) in [7, 11) is 0. The first-order valence-electron chi connectivity index (χ1n) is 13.0. The zero-order valence-electron chi connectivity index (χ0n) is 21.5. The quantitative estimate of drug-likeness (QED) is 0.294. The molecule has 2 N–H and O–H groups in total. The summed E-state index contributed by atoms with van der Waals surface area (Å²) in [5, 5.41) is 13.6. The van der Waals surface area contributed by atoms with Gasteiger partial charge >= 0.3 is 6.18 Å². The maximum absolute atomic E-state index is 13.0. The summed E-state index contributed by atoms with van der Waals surface area (Å²) in [6.45, 7) is 3.99. The highest BCUT2D eigenvalue weighted by Gasteiger charge is 2.32. The van der Waals surface area contributed by atoms with Gasteiger partial charge in [-0.05, 0) is 48.1 Å². The topological polar surface area (TPSA) is 105 Å². The third-order valence-corrected chi connectivity index (χ3v) is 7.32. The average Bonchev–Trinajstić information content (AvgIpc) is 3.69. The first kappa shape index (κ1) is 25.1. The van der Waals surface area contributed by atoms with E-state index in [2.05, 4.69) is 25.3 Å². The molecule has 1 atom stereocenters. The molecule has 0 radical (unpaired) electrons. The highest BCUT2D eigenvalue weighted by atomic mass is 19.4. The van der Waals surface area contributed by atoms with Gasteiger partial charge in [0.15, 0.2) is 5.65 Å². The predicted molar refractivity (Wildman–Crippen MR) is 140 cm³/mol. The maximum Gasteiger partial charge on any atom is 0.433 e. The number of nitrogens with two attached hydrogens (primary N) is 1. The van der Waals surface area contributed by atoms with Gasteiger partial charge in [0.2, 0.25) is 5.95 Å². The molecule has 5 heterocycles. The number of fused-ring (bicyclic) bond motifs is 1. The number of anilines is 1. The number of hydrogen-bond donors (Lipinski definition) is 1. The summed E-state index contributed by atoms with van der Waals surface area (Å²) in [5.41, 5.74) is 9.67. The molecule has 6 rings (SSSR count). The zero-order valence-corrected chi connectivity index (χ0v) is 21.5. The fourth-order valence-corrected chi connectivity index (χ4v) is 5.44. The monoisotopic (exact) mass is 535 g/mol. The molecule has 0 aromatic carbocycles. The number of rotatable bonds is 6. The number of nitrogens with zero attached hydrogens (tertiary/aromatic N) is 8. The van der Waals surface area contributed by atoms with E-state index in [4.69, 9.17) is 5.73 Å². The molecule has 0 spiro atoms. The minimum absolute atomic E-state index is 0.0482. The lowest BCUT2D eigenvalue weighted by atomic mass is 9.97. The van der Waals surface area contributed by atoms with Gasteiger partial charge in [-0.15, -0.1) is 5.10 Å². The molecule has 9 nitrogen and oxygen atoms in total. The van der Waals surface area contributed by atoms with Crippen molar-refractivity contribution >= 4 is 11.6 Å². The van der Waals surface area contributed by atoms with E-state index < -0.39 is 11.9 Å². The third-order valence-electron chi connectivity index (χ3n) is 7.32. The molecule has 12 heteroatoms. The van der Waals surface area contributed by atoms with E-state index in [9.17, 15) is 13.2 Å². The van der Waals surface area contributed by atoms with Crippen molar-refractivity contribution in [3.05, 3.63) is 66.5 Å². The van der Waals surface area contributed by atoms with Crippen LogP contribution in [0.1, 0.15) is 62.9 Å². The van der Waals surface area contributed by atoms with Crippen LogP contribution in [-0.4, -0.2) is 39.1 Å². The van der Waals surface area contributed by atoms with E-state index in [-0.39, 0.29) is 17.9 Å². The Morgan fingerprint density at radius 1 is 0.949 bits per heavy atom. The van der Waals surface area contributed by atoms with Crippen molar-refractivity contribution in [2.45, 2.75) is 57.8 Å². The second-order valence-electron chi connectivity index (χ2n) is 10.4. The summed E-state index contributed by atoms with van der Waals surface area (Å²) >= 11 is 0. The molecule has 202 valence electrons. The van der Waals surface area contributed by atoms with Crippen molar-refractivity contribution in [2.24, 2.45) is 5.92 Å². The van der Waals surface area contributed by atoms with E-state index in [1.54, 1.807) is 15.4 Å². The van der Waals surface area contributed by atoms with Crippen molar-refractivity contribution in [1.82, 2.24) is 39.1 Å². The van der Waals surface area contributed by atoms with Gasteiger partial charge in [0.05, 0.1) is 30.2 Å². The van der Waals surface area contributed by atoms with Gasteiger partial charge in [0.1, 0.15) is 5.69 Å². The number of halogens is 3. The predicted octanol–water partition coefficient (Wildman–Crippen LogP) is 5.81. The van der Waals surface area contributed by atoms with E-state index in [1.165, 1.54) is 25.1 Å². The van der Waals surface area contributed by atoms with Crippen LogP contribution in [-0.2, 0) is 6.18 Å². The van der Waals surface area contributed by atoms with Crippen molar-refractivity contribution in [3.63, 3.8) is 0 Å². The number of aromatic nitrogens is 8. The van der Waals surface area contributed by atoms with Gasteiger partial charge in [-0.2, -0.15) is 28.4 Å². The number of pyridine rings is 2. The number of nitrogen functional groups attached to an aromatic ring is 1. The second kappa shape index (κ2) is 9.51. The van der Waals surface area contributed by atoms with Crippen molar-refractivity contribution in [1.29, 1.82) is 0 Å².